The van der Waals surface area contributed by atoms with Crippen molar-refractivity contribution in [3.8, 4) is 11.4 Å². The van der Waals surface area contributed by atoms with Crippen molar-refractivity contribution in [2.24, 2.45) is 0 Å². The van der Waals surface area contributed by atoms with Gasteiger partial charge in [-0.2, -0.15) is 0 Å². The number of carbonyl (C=O) groups excluding carboxylic acids is 2. The zero-order valence-corrected chi connectivity index (χ0v) is 19.6. The average molecular weight is 498 g/mol. The van der Waals surface area contributed by atoms with Crippen molar-refractivity contribution in [2.75, 3.05) is 36.8 Å². The number of rotatable bonds is 11. The molecule has 3 aromatic rings. The lowest BCUT2D eigenvalue weighted by Gasteiger charge is -2.12. The minimum atomic E-state index is -0.519. The van der Waals surface area contributed by atoms with Gasteiger partial charge in [-0.25, -0.2) is 9.97 Å². The maximum Gasteiger partial charge on any atom is 0.269 e. The summed E-state index contributed by atoms with van der Waals surface area (Å²) in [4.78, 5) is 42.6. The van der Waals surface area contributed by atoms with E-state index in [9.17, 15) is 19.7 Å². The van der Waals surface area contributed by atoms with Gasteiger partial charge in [-0.1, -0.05) is 11.6 Å². The molecule has 182 valence electrons. The Morgan fingerprint density at radius 1 is 0.886 bits per heavy atom. The van der Waals surface area contributed by atoms with Crippen LogP contribution in [0.15, 0.2) is 54.6 Å². The summed E-state index contributed by atoms with van der Waals surface area (Å²) >= 11 is 5.98. The number of hydrogen-bond acceptors (Lipinski definition) is 8. The smallest absolute Gasteiger partial charge is 0.269 e. The molecular formula is C23H24ClN7O4. The van der Waals surface area contributed by atoms with E-state index in [0.717, 1.165) is 5.56 Å². The number of benzene rings is 2. The first-order valence-corrected chi connectivity index (χ1v) is 11.1. The Balaban J connectivity index is 1.62. The van der Waals surface area contributed by atoms with E-state index in [1.807, 2.05) is 12.1 Å². The predicted octanol–water partition coefficient (Wildman–Crippen LogP) is 3.10. The van der Waals surface area contributed by atoms with Crippen LogP contribution in [0.2, 0.25) is 5.02 Å². The summed E-state index contributed by atoms with van der Waals surface area (Å²) in [6.45, 7) is 3.03. The molecule has 4 N–H and O–H groups in total. The van der Waals surface area contributed by atoms with Gasteiger partial charge >= 0.3 is 0 Å². The molecule has 0 aliphatic carbocycles. The molecule has 0 spiro atoms. The van der Waals surface area contributed by atoms with Crippen LogP contribution in [0.25, 0.3) is 11.4 Å². The van der Waals surface area contributed by atoms with Gasteiger partial charge in [0, 0.05) is 67.5 Å². The zero-order chi connectivity index (χ0) is 25.2. The van der Waals surface area contributed by atoms with Crippen molar-refractivity contribution in [2.45, 2.75) is 6.92 Å². The van der Waals surface area contributed by atoms with Crippen LogP contribution in [0.3, 0.4) is 0 Å². The van der Waals surface area contributed by atoms with E-state index >= 15 is 0 Å². The second-order valence-corrected chi connectivity index (χ2v) is 7.80. The summed E-state index contributed by atoms with van der Waals surface area (Å²) in [6, 6.07) is 14.2. The second kappa shape index (κ2) is 12.3. The van der Waals surface area contributed by atoms with Gasteiger partial charge in [-0.05, 0) is 36.4 Å². The van der Waals surface area contributed by atoms with Crippen molar-refractivity contribution < 1.29 is 14.5 Å². The highest BCUT2D eigenvalue weighted by atomic mass is 35.5. The standard InChI is InChI=1S/C23H24ClN7O4/c1-15(32)25-10-11-26-20-14-21(30-22(29-20)16-2-6-18(24)7-3-16)27-12-13-28-23(33)17-4-8-19(9-5-17)31(34)35/h2-9,14H,10-13H2,1H3,(H,25,32)(H,28,33)(H2,26,27,29,30). The predicted molar refractivity (Wildman–Crippen MR) is 134 cm³/mol. The Bertz CT molecular complexity index is 1190. The number of aromatic nitrogens is 2. The van der Waals surface area contributed by atoms with Gasteiger partial charge in [-0.15, -0.1) is 0 Å². The normalized spacial score (nSPS) is 10.3. The highest BCUT2D eigenvalue weighted by Gasteiger charge is 2.10. The molecule has 0 atom stereocenters. The molecule has 12 heteroatoms. The number of nitrogens with zero attached hydrogens (tertiary/aromatic N) is 3. The molecule has 0 unspecified atom stereocenters. The third-order valence-electron chi connectivity index (χ3n) is 4.69. The van der Waals surface area contributed by atoms with E-state index in [-0.39, 0.29) is 17.5 Å². The van der Waals surface area contributed by atoms with Crippen LogP contribution >= 0.6 is 11.6 Å². The molecule has 0 saturated carbocycles. The molecule has 3 rings (SSSR count). The number of hydrogen-bond donors (Lipinski definition) is 4. The Labute approximate surface area is 206 Å². The molecular weight excluding hydrogens is 474 g/mol. The third-order valence-corrected chi connectivity index (χ3v) is 4.94. The molecule has 0 saturated heterocycles. The van der Waals surface area contributed by atoms with Gasteiger partial charge in [0.25, 0.3) is 11.6 Å². The van der Waals surface area contributed by atoms with Crippen molar-refractivity contribution in [3.63, 3.8) is 0 Å². The lowest BCUT2D eigenvalue weighted by Crippen LogP contribution is -2.29. The molecule has 0 bridgehead atoms. The number of amides is 2. The van der Waals surface area contributed by atoms with E-state index in [4.69, 9.17) is 11.6 Å². The maximum absolute atomic E-state index is 12.3. The van der Waals surface area contributed by atoms with Gasteiger partial charge < -0.3 is 21.3 Å². The summed E-state index contributed by atoms with van der Waals surface area (Å²) in [5.41, 5.74) is 1.02. The molecule has 1 heterocycles. The summed E-state index contributed by atoms with van der Waals surface area (Å²) in [6.07, 6.45) is 0. The molecule has 0 fully saturated rings. The fourth-order valence-corrected chi connectivity index (χ4v) is 3.11. The zero-order valence-electron chi connectivity index (χ0n) is 18.9. The monoisotopic (exact) mass is 497 g/mol. The van der Waals surface area contributed by atoms with Crippen LogP contribution in [0.1, 0.15) is 17.3 Å². The lowest BCUT2D eigenvalue weighted by atomic mass is 10.2. The second-order valence-electron chi connectivity index (χ2n) is 7.37. The van der Waals surface area contributed by atoms with E-state index in [1.165, 1.54) is 31.2 Å². The number of nitrogens with one attached hydrogen (secondary N) is 4. The third kappa shape index (κ3) is 7.93. The Morgan fingerprint density at radius 3 is 2.00 bits per heavy atom. The fourth-order valence-electron chi connectivity index (χ4n) is 2.99. The number of non-ortho nitro benzene ring substituents is 1. The van der Waals surface area contributed by atoms with Crippen LogP contribution in [0.5, 0.6) is 0 Å². The Kier molecular flexibility index (Phi) is 8.90. The average Bonchev–Trinajstić information content (AvgIpc) is 2.84. The molecule has 35 heavy (non-hydrogen) atoms. The number of anilines is 2. The van der Waals surface area contributed by atoms with Gasteiger partial charge in [0.1, 0.15) is 11.6 Å². The number of nitro benzene ring substituents is 1. The summed E-state index contributed by atoms with van der Waals surface area (Å²) < 4.78 is 0. The van der Waals surface area contributed by atoms with Crippen molar-refractivity contribution in [1.29, 1.82) is 0 Å². The Hall–Kier alpha value is -4.25. The Morgan fingerprint density at radius 2 is 1.46 bits per heavy atom. The van der Waals surface area contributed by atoms with E-state index in [1.54, 1.807) is 18.2 Å². The number of halogens is 1. The summed E-state index contributed by atoms with van der Waals surface area (Å²) in [5.74, 6) is 1.12. The molecule has 11 nitrogen and oxygen atoms in total. The van der Waals surface area contributed by atoms with Gasteiger partial charge in [0.2, 0.25) is 5.91 Å². The first-order chi connectivity index (χ1) is 16.8. The highest BCUT2D eigenvalue weighted by molar-refractivity contribution is 6.30. The topological polar surface area (TPSA) is 151 Å². The van der Waals surface area contributed by atoms with Gasteiger partial charge in [0.05, 0.1) is 4.92 Å². The van der Waals surface area contributed by atoms with Crippen molar-refractivity contribution >= 4 is 40.7 Å². The molecule has 2 amide bonds. The van der Waals surface area contributed by atoms with Gasteiger partial charge in [-0.3, -0.25) is 19.7 Å². The largest absolute Gasteiger partial charge is 0.368 e. The van der Waals surface area contributed by atoms with Crippen LogP contribution in [0, 0.1) is 10.1 Å². The number of nitro groups is 1. The van der Waals surface area contributed by atoms with E-state index < -0.39 is 4.92 Å². The van der Waals surface area contributed by atoms with Crippen LogP contribution in [-0.4, -0.2) is 52.9 Å². The van der Waals surface area contributed by atoms with Crippen molar-refractivity contribution in [1.82, 2.24) is 20.6 Å². The first kappa shape index (κ1) is 25.4. The minimum Gasteiger partial charge on any atom is -0.368 e. The van der Waals surface area contributed by atoms with Crippen molar-refractivity contribution in [3.05, 3.63) is 75.3 Å². The van der Waals surface area contributed by atoms with Crippen LogP contribution < -0.4 is 21.3 Å². The summed E-state index contributed by atoms with van der Waals surface area (Å²) in [7, 11) is 0. The number of carbonyl (C=O) groups is 2. The quantitative estimate of drug-likeness (QED) is 0.179. The highest BCUT2D eigenvalue weighted by Crippen LogP contribution is 2.22. The molecule has 0 aliphatic rings. The maximum atomic E-state index is 12.3. The molecule has 0 radical (unpaired) electrons. The molecule has 2 aromatic carbocycles. The van der Waals surface area contributed by atoms with Crippen LogP contribution in [0.4, 0.5) is 17.3 Å². The SMILES string of the molecule is CC(=O)NCCNc1cc(NCCNC(=O)c2ccc([N+](=O)[O-])cc2)nc(-c2ccc(Cl)cc2)n1. The minimum absolute atomic E-state index is 0.0787. The molecule has 1 aromatic heterocycles. The molecule has 0 aliphatic heterocycles. The van der Waals surface area contributed by atoms with E-state index in [2.05, 4.69) is 31.2 Å². The fraction of sp³-hybridized carbons (Fsp3) is 0.217. The van der Waals surface area contributed by atoms with E-state index in [0.29, 0.717) is 54.2 Å². The summed E-state index contributed by atoms with van der Waals surface area (Å²) in [5, 5.41) is 23.1. The van der Waals surface area contributed by atoms with Crippen LogP contribution in [-0.2, 0) is 4.79 Å². The lowest BCUT2D eigenvalue weighted by molar-refractivity contribution is -0.384. The first-order valence-electron chi connectivity index (χ1n) is 10.7. The van der Waals surface area contributed by atoms with Gasteiger partial charge in [0.15, 0.2) is 5.82 Å².